The lowest BCUT2D eigenvalue weighted by atomic mass is 9.87. The van der Waals surface area contributed by atoms with Gasteiger partial charge in [-0.1, -0.05) is 46.0 Å². The minimum Gasteiger partial charge on any atom is -0.506 e. The summed E-state index contributed by atoms with van der Waals surface area (Å²) in [6, 6.07) is 1.29. The van der Waals surface area contributed by atoms with Crippen molar-refractivity contribution in [3.63, 3.8) is 0 Å². The molecule has 0 aromatic carbocycles. The molecule has 0 saturated heterocycles. The molecule has 0 spiro atoms. The van der Waals surface area contributed by atoms with Crippen LogP contribution in [0.15, 0.2) is 10.9 Å². The summed E-state index contributed by atoms with van der Waals surface area (Å²) in [6.07, 6.45) is 7.58. The number of rotatable bonds is 4. The quantitative estimate of drug-likeness (QED) is 0.909. The number of nitrogens with zero attached hydrogens (tertiary/aromatic N) is 2. The van der Waals surface area contributed by atoms with Crippen molar-refractivity contribution in [1.29, 1.82) is 0 Å². The lowest BCUT2D eigenvalue weighted by Gasteiger charge is -2.21. The lowest BCUT2D eigenvalue weighted by molar-refractivity contribution is 0.314. The Bertz CT molecular complexity index is 474. The molecule has 1 saturated carbocycles. The van der Waals surface area contributed by atoms with Crippen LogP contribution in [-0.4, -0.2) is 14.9 Å². The van der Waals surface area contributed by atoms with E-state index in [1.165, 1.54) is 42.9 Å². The molecule has 1 heterocycles. The highest BCUT2D eigenvalue weighted by Crippen LogP contribution is 2.26. The van der Waals surface area contributed by atoms with Crippen LogP contribution in [0.4, 0.5) is 0 Å². The van der Waals surface area contributed by atoms with Gasteiger partial charge in [-0.05, 0) is 12.3 Å². The van der Waals surface area contributed by atoms with Gasteiger partial charge < -0.3 is 5.11 Å². The second kappa shape index (κ2) is 6.22. The first kappa shape index (κ1) is 14.1. The highest BCUT2D eigenvalue weighted by atomic mass is 16.3. The van der Waals surface area contributed by atoms with Gasteiger partial charge in [-0.25, -0.2) is 4.68 Å². The van der Waals surface area contributed by atoms with Gasteiger partial charge in [0.25, 0.3) is 5.56 Å². The molecule has 1 aromatic heterocycles. The zero-order valence-corrected chi connectivity index (χ0v) is 11.9. The largest absolute Gasteiger partial charge is 0.506 e. The highest BCUT2D eigenvalue weighted by molar-refractivity contribution is 5.25. The Labute approximate surface area is 114 Å². The van der Waals surface area contributed by atoms with E-state index >= 15 is 0 Å². The van der Waals surface area contributed by atoms with Crippen molar-refractivity contribution >= 4 is 0 Å². The van der Waals surface area contributed by atoms with Crippen molar-refractivity contribution in [3.05, 3.63) is 22.1 Å². The molecule has 0 unspecified atom stereocenters. The first-order valence-electron chi connectivity index (χ1n) is 7.39. The fraction of sp³-hybridized carbons (Fsp3) is 0.733. The van der Waals surface area contributed by atoms with Gasteiger partial charge in [0, 0.05) is 18.5 Å². The molecule has 0 aliphatic heterocycles. The molecule has 1 aromatic rings. The number of aromatic nitrogens is 2. The van der Waals surface area contributed by atoms with E-state index in [2.05, 4.69) is 5.10 Å². The second-order valence-corrected chi connectivity index (χ2v) is 5.92. The highest BCUT2D eigenvalue weighted by Gasteiger charge is 2.15. The van der Waals surface area contributed by atoms with Crippen molar-refractivity contribution in [1.82, 2.24) is 9.78 Å². The Morgan fingerprint density at radius 3 is 2.68 bits per heavy atom. The predicted octanol–water partition coefficient (Wildman–Crippen LogP) is 3.04. The summed E-state index contributed by atoms with van der Waals surface area (Å²) >= 11 is 0. The molecule has 2 rings (SSSR count). The van der Waals surface area contributed by atoms with Crippen molar-refractivity contribution in [2.75, 3.05) is 0 Å². The molecule has 0 atom stereocenters. The van der Waals surface area contributed by atoms with Crippen molar-refractivity contribution in [3.8, 4) is 5.75 Å². The smallest absolute Gasteiger partial charge is 0.270 e. The molecule has 19 heavy (non-hydrogen) atoms. The Kier molecular flexibility index (Phi) is 4.61. The third-order valence-corrected chi connectivity index (χ3v) is 4.03. The standard InChI is InChI=1S/C15H24N2O2/c1-11(2)15-13(18)10-14(19)17(16-15)9-8-12-6-4-3-5-7-12/h10-12,18H,3-9H2,1-2H3. The van der Waals surface area contributed by atoms with Crippen LogP contribution in [0.2, 0.25) is 0 Å². The summed E-state index contributed by atoms with van der Waals surface area (Å²) in [7, 11) is 0. The molecule has 4 heteroatoms. The van der Waals surface area contributed by atoms with Gasteiger partial charge in [0.2, 0.25) is 0 Å². The van der Waals surface area contributed by atoms with Gasteiger partial charge in [-0.2, -0.15) is 5.10 Å². The number of aromatic hydroxyl groups is 1. The van der Waals surface area contributed by atoms with E-state index < -0.39 is 0 Å². The molecular weight excluding hydrogens is 240 g/mol. The van der Waals surface area contributed by atoms with Crippen LogP contribution in [0.1, 0.15) is 64.0 Å². The van der Waals surface area contributed by atoms with Crippen LogP contribution in [0, 0.1) is 5.92 Å². The first-order chi connectivity index (χ1) is 9.08. The van der Waals surface area contributed by atoms with Crippen molar-refractivity contribution in [2.24, 2.45) is 5.92 Å². The van der Waals surface area contributed by atoms with E-state index in [4.69, 9.17) is 0 Å². The summed E-state index contributed by atoms with van der Waals surface area (Å²) in [5.41, 5.74) is 0.418. The van der Waals surface area contributed by atoms with Crippen LogP contribution in [0.3, 0.4) is 0 Å². The van der Waals surface area contributed by atoms with Gasteiger partial charge >= 0.3 is 0 Å². The van der Waals surface area contributed by atoms with Crippen molar-refractivity contribution < 1.29 is 5.11 Å². The Morgan fingerprint density at radius 1 is 1.37 bits per heavy atom. The fourth-order valence-electron chi connectivity index (χ4n) is 2.85. The first-order valence-corrected chi connectivity index (χ1v) is 7.39. The van der Waals surface area contributed by atoms with Gasteiger partial charge in [0.1, 0.15) is 11.4 Å². The summed E-state index contributed by atoms with van der Waals surface area (Å²) < 4.78 is 1.52. The minimum absolute atomic E-state index is 0.0221. The SMILES string of the molecule is CC(C)c1nn(CCC2CCCCC2)c(=O)cc1O. The molecule has 1 aliphatic rings. The Morgan fingerprint density at radius 2 is 2.05 bits per heavy atom. The summed E-state index contributed by atoms with van der Waals surface area (Å²) in [6.45, 7) is 4.61. The molecule has 4 nitrogen and oxygen atoms in total. The molecule has 1 fully saturated rings. The summed E-state index contributed by atoms with van der Waals surface area (Å²) in [4.78, 5) is 11.8. The Hall–Kier alpha value is -1.32. The van der Waals surface area contributed by atoms with Crippen molar-refractivity contribution in [2.45, 2.75) is 64.8 Å². The van der Waals surface area contributed by atoms with Crippen LogP contribution in [-0.2, 0) is 6.54 Å². The zero-order valence-electron chi connectivity index (χ0n) is 11.9. The minimum atomic E-state index is -0.197. The molecule has 0 bridgehead atoms. The van der Waals surface area contributed by atoms with Crippen LogP contribution in [0.5, 0.6) is 5.75 Å². The lowest BCUT2D eigenvalue weighted by Crippen LogP contribution is -2.25. The topological polar surface area (TPSA) is 55.1 Å². The molecule has 106 valence electrons. The average Bonchev–Trinajstić information content (AvgIpc) is 2.38. The maximum Gasteiger partial charge on any atom is 0.270 e. The van der Waals surface area contributed by atoms with E-state index in [9.17, 15) is 9.90 Å². The summed E-state index contributed by atoms with van der Waals surface area (Å²) in [5.74, 6) is 0.884. The average molecular weight is 264 g/mol. The molecule has 1 N–H and O–H groups in total. The maximum atomic E-state index is 11.8. The number of hydrogen-bond acceptors (Lipinski definition) is 3. The number of hydrogen-bond donors (Lipinski definition) is 1. The van der Waals surface area contributed by atoms with Gasteiger partial charge in [0.05, 0.1) is 0 Å². The fourth-order valence-corrected chi connectivity index (χ4v) is 2.85. The number of aryl methyl sites for hydroxylation is 1. The Balaban J connectivity index is 2.06. The normalized spacial score (nSPS) is 17.0. The molecular formula is C15H24N2O2. The molecule has 1 aliphatic carbocycles. The third-order valence-electron chi connectivity index (χ3n) is 4.03. The van der Waals surface area contributed by atoms with Gasteiger partial charge in [-0.15, -0.1) is 0 Å². The molecule has 0 radical (unpaired) electrons. The van der Waals surface area contributed by atoms with Crippen LogP contribution >= 0.6 is 0 Å². The van der Waals surface area contributed by atoms with E-state index in [1.807, 2.05) is 13.8 Å². The van der Waals surface area contributed by atoms with E-state index in [1.54, 1.807) is 0 Å². The summed E-state index contributed by atoms with van der Waals surface area (Å²) in [5, 5.41) is 14.0. The van der Waals surface area contributed by atoms with Crippen LogP contribution in [0.25, 0.3) is 0 Å². The second-order valence-electron chi connectivity index (χ2n) is 5.92. The molecule has 0 amide bonds. The van der Waals surface area contributed by atoms with Gasteiger partial charge in [-0.3, -0.25) is 4.79 Å². The third kappa shape index (κ3) is 3.58. The maximum absolute atomic E-state index is 11.8. The van der Waals surface area contributed by atoms with Crippen LogP contribution < -0.4 is 5.56 Å². The van der Waals surface area contributed by atoms with Gasteiger partial charge in [0.15, 0.2) is 0 Å². The van der Waals surface area contributed by atoms with E-state index in [0.29, 0.717) is 12.2 Å². The monoisotopic (exact) mass is 264 g/mol. The zero-order chi connectivity index (χ0) is 13.8. The predicted molar refractivity (Wildman–Crippen MR) is 75.4 cm³/mol. The van der Waals surface area contributed by atoms with E-state index in [0.717, 1.165) is 12.3 Å². The van der Waals surface area contributed by atoms with E-state index in [-0.39, 0.29) is 17.2 Å².